The molecular formula is C11H13F3N2O. The molecule has 6 heteroatoms. The van der Waals surface area contributed by atoms with Crippen molar-refractivity contribution in [2.75, 3.05) is 11.9 Å². The van der Waals surface area contributed by atoms with E-state index in [2.05, 4.69) is 5.32 Å². The number of rotatable bonds is 4. The van der Waals surface area contributed by atoms with Crippen molar-refractivity contribution in [2.24, 2.45) is 5.73 Å². The summed E-state index contributed by atoms with van der Waals surface area (Å²) in [5, 5.41) is 11.2. The van der Waals surface area contributed by atoms with Crippen molar-refractivity contribution in [3.63, 3.8) is 0 Å². The van der Waals surface area contributed by atoms with Gasteiger partial charge in [0.25, 0.3) is 5.92 Å². The number of nitrogens with two attached hydrogens (primary N) is 1. The van der Waals surface area contributed by atoms with Crippen molar-refractivity contribution in [1.29, 1.82) is 0 Å². The van der Waals surface area contributed by atoms with Crippen molar-refractivity contribution in [2.45, 2.75) is 12.8 Å². The Morgan fingerprint density at radius 2 is 2.18 bits per heavy atom. The number of aliphatic hydroxyl groups excluding tert-OH is 1. The highest BCUT2D eigenvalue weighted by Crippen LogP contribution is 2.31. The fraction of sp³-hybridized carbons (Fsp3) is 0.273. The van der Waals surface area contributed by atoms with Gasteiger partial charge >= 0.3 is 0 Å². The van der Waals surface area contributed by atoms with Gasteiger partial charge < -0.3 is 16.2 Å². The van der Waals surface area contributed by atoms with Gasteiger partial charge in [-0.05, 0) is 18.2 Å². The molecule has 0 aliphatic carbocycles. The van der Waals surface area contributed by atoms with E-state index < -0.39 is 17.3 Å². The number of anilines is 1. The van der Waals surface area contributed by atoms with E-state index in [0.29, 0.717) is 6.92 Å². The third kappa shape index (κ3) is 3.67. The lowest BCUT2D eigenvalue weighted by Crippen LogP contribution is -2.10. The van der Waals surface area contributed by atoms with Crippen LogP contribution in [0.3, 0.4) is 0 Å². The Balaban J connectivity index is 2.98. The second kappa shape index (κ2) is 5.09. The molecule has 1 aromatic carbocycles. The minimum absolute atomic E-state index is 0.138. The third-order valence-electron chi connectivity index (χ3n) is 2.05. The van der Waals surface area contributed by atoms with Crippen LogP contribution in [0, 0.1) is 5.82 Å². The van der Waals surface area contributed by atoms with Crippen LogP contribution in [0.4, 0.5) is 18.9 Å². The monoisotopic (exact) mass is 246 g/mol. The number of alkyl halides is 2. The Bertz CT molecular complexity index is 427. The molecule has 0 saturated heterocycles. The van der Waals surface area contributed by atoms with Gasteiger partial charge in [-0.3, -0.25) is 0 Å². The van der Waals surface area contributed by atoms with Gasteiger partial charge in [0.2, 0.25) is 0 Å². The van der Waals surface area contributed by atoms with Crippen molar-refractivity contribution in [3.8, 4) is 0 Å². The maximum Gasteiger partial charge on any atom is 0.273 e. The first-order valence-electron chi connectivity index (χ1n) is 4.84. The molecule has 0 unspecified atom stereocenters. The Morgan fingerprint density at radius 3 is 2.71 bits per heavy atom. The van der Waals surface area contributed by atoms with Gasteiger partial charge in [-0.15, -0.1) is 0 Å². The summed E-state index contributed by atoms with van der Waals surface area (Å²) in [5.74, 6) is -4.23. The normalized spacial score (nSPS) is 12.6. The summed E-state index contributed by atoms with van der Waals surface area (Å²) in [6.07, 6.45) is 1.25. The maximum absolute atomic E-state index is 13.1. The van der Waals surface area contributed by atoms with Crippen LogP contribution in [-0.2, 0) is 5.92 Å². The van der Waals surface area contributed by atoms with Crippen LogP contribution < -0.4 is 11.1 Å². The number of hydrogen-bond acceptors (Lipinski definition) is 3. The highest BCUT2D eigenvalue weighted by Gasteiger charge is 2.28. The number of nitrogens with one attached hydrogen (secondary N) is 1. The van der Waals surface area contributed by atoms with E-state index in [-0.39, 0.29) is 18.0 Å². The summed E-state index contributed by atoms with van der Waals surface area (Å²) in [6.45, 7) is 0.262. The van der Waals surface area contributed by atoms with E-state index in [1.54, 1.807) is 0 Å². The van der Waals surface area contributed by atoms with E-state index >= 15 is 0 Å². The number of hydrogen-bond donors (Lipinski definition) is 3. The summed E-state index contributed by atoms with van der Waals surface area (Å²) in [6, 6.07) is 3.24. The first kappa shape index (κ1) is 13.4. The predicted molar refractivity (Wildman–Crippen MR) is 58.9 cm³/mol. The van der Waals surface area contributed by atoms with Crippen LogP contribution in [0.15, 0.2) is 30.1 Å². The zero-order valence-electron chi connectivity index (χ0n) is 9.17. The minimum Gasteiger partial charge on any atom is -0.399 e. The number of aliphatic hydroxyl groups is 1. The molecule has 1 aromatic rings. The third-order valence-corrected chi connectivity index (χ3v) is 2.05. The lowest BCUT2D eigenvalue weighted by atomic mass is 10.1. The predicted octanol–water partition coefficient (Wildman–Crippen LogP) is 2.14. The van der Waals surface area contributed by atoms with Crippen molar-refractivity contribution in [1.82, 2.24) is 0 Å². The largest absolute Gasteiger partial charge is 0.399 e. The van der Waals surface area contributed by atoms with Crippen LogP contribution in [0.5, 0.6) is 0 Å². The van der Waals surface area contributed by atoms with E-state index in [4.69, 9.17) is 10.8 Å². The summed E-state index contributed by atoms with van der Waals surface area (Å²) >= 11 is 0. The van der Waals surface area contributed by atoms with E-state index in [9.17, 15) is 13.2 Å². The minimum atomic E-state index is -3.26. The van der Waals surface area contributed by atoms with Gasteiger partial charge in [0.1, 0.15) is 5.82 Å². The van der Waals surface area contributed by atoms with Crippen LogP contribution in [0.2, 0.25) is 0 Å². The highest BCUT2D eigenvalue weighted by atomic mass is 19.3. The zero-order chi connectivity index (χ0) is 13.1. The molecule has 0 aliphatic heterocycles. The molecule has 0 saturated carbocycles. The molecule has 17 heavy (non-hydrogen) atoms. The molecule has 0 aliphatic rings. The second-order valence-electron chi connectivity index (χ2n) is 3.60. The molecule has 0 spiro atoms. The molecule has 4 N–H and O–H groups in total. The van der Waals surface area contributed by atoms with Gasteiger partial charge in [0.15, 0.2) is 0 Å². The average molecular weight is 246 g/mol. The van der Waals surface area contributed by atoms with Crippen LogP contribution in [0.1, 0.15) is 12.5 Å². The summed E-state index contributed by atoms with van der Waals surface area (Å²) in [7, 11) is 0. The molecule has 0 aromatic heterocycles. The number of benzene rings is 1. The molecule has 94 valence electrons. The van der Waals surface area contributed by atoms with Crippen LogP contribution >= 0.6 is 0 Å². The molecule has 3 nitrogen and oxygen atoms in total. The van der Waals surface area contributed by atoms with Crippen molar-refractivity contribution >= 4 is 5.69 Å². The van der Waals surface area contributed by atoms with Gasteiger partial charge in [-0.1, -0.05) is 0 Å². The van der Waals surface area contributed by atoms with Gasteiger partial charge in [-0.25, -0.2) is 13.2 Å². The molecular weight excluding hydrogens is 233 g/mol. The van der Waals surface area contributed by atoms with Crippen LogP contribution in [-0.4, -0.2) is 11.7 Å². The average Bonchev–Trinajstić information content (AvgIpc) is 2.26. The first-order chi connectivity index (χ1) is 7.84. The Morgan fingerprint density at radius 1 is 1.53 bits per heavy atom. The molecule has 0 radical (unpaired) electrons. The smallest absolute Gasteiger partial charge is 0.273 e. The lowest BCUT2D eigenvalue weighted by Gasteiger charge is -2.13. The molecule has 0 heterocycles. The number of halogens is 3. The fourth-order valence-corrected chi connectivity index (χ4v) is 1.17. The Kier molecular flexibility index (Phi) is 4.01. The quantitative estimate of drug-likeness (QED) is 0.762. The molecule has 1 rings (SSSR count). The first-order valence-corrected chi connectivity index (χ1v) is 4.84. The topological polar surface area (TPSA) is 58.3 Å². The van der Waals surface area contributed by atoms with E-state index in [0.717, 1.165) is 12.1 Å². The lowest BCUT2D eigenvalue weighted by molar-refractivity contribution is 0.0138. The maximum atomic E-state index is 13.1. The molecule has 0 bridgehead atoms. The Hall–Kier alpha value is -1.69. The second-order valence-corrected chi connectivity index (χ2v) is 3.60. The highest BCUT2D eigenvalue weighted by molar-refractivity contribution is 5.49. The molecule has 0 atom stereocenters. The Labute approximate surface area is 96.7 Å². The summed E-state index contributed by atoms with van der Waals surface area (Å²) < 4.78 is 39.2. The van der Waals surface area contributed by atoms with Crippen molar-refractivity contribution in [3.05, 3.63) is 41.5 Å². The molecule has 0 amide bonds. The standard InChI is InChI=1S/C11H13F3N2O/c1-11(13,14)9-4-8(2-3-10(9)12)16-5-7(15)6-17/h2-5,16-17H,6,15H2,1H3/b7-5-. The van der Waals surface area contributed by atoms with Crippen LogP contribution in [0.25, 0.3) is 0 Å². The fourth-order valence-electron chi connectivity index (χ4n) is 1.17. The van der Waals surface area contributed by atoms with E-state index in [1.807, 2.05) is 0 Å². The van der Waals surface area contributed by atoms with Gasteiger partial charge in [0, 0.05) is 18.8 Å². The van der Waals surface area contributed by atoms with Crippen molar-refractivity contribution < 1.29 is 18.3 Å². The SMILES string of the molecule is CC(F)(F)c1cc(N/C=C(\N)CO)ccc1F. The van der Waals surface area contributed by atoms with Gasteiger partial charge in [-0.2, -0.15) is 0 Å². The summed E-state index contributed by atoms with van der Waals surface area (Å²) in [4.78, 5) is 0. The van der Waals surface area contributed by atoms with E-state index in [1.165, 1.54) is 12.3 Å². The zero-order valence-corrected chi connectivity index (χ0v) is 9.17. The molecule has 0 fully saturated rings. The van der Waals surface area contributed by atoms with Gasteiger partial charge in [0.05, 0.1) is 17.9 Å². The summed E-state index contributed by atoms with van der Waals surface area (Å²) in [5.41, 5.74) is 5.01.